The van der Waals surface area contributed by atoms with Gasteiger partial charge in [-0.25, -0.2) is 12.8 Å². The molecular formula is C26H27ClFN3O5S. The fourth-order valence-corrected chi connectivity index (χ4v) is 6.03. The molecule has 4 rings (SSSR count). The van der Waals surface area contributed by atoms with E-state index >= 15 is 0 Å². The molecular weight excluding hydrogens is 521 g/mol. The van der Waals surface area contributed by atoms with Gasteiger partial charge in [0.1, 0.15) is 17.6 Å². The van der Waals surface area contributed by atoms with Crippen molar-refractivity contribution >= 4 is 27.6 Å². The van der Waals surface area contributed by atoms with Gasteiger partial charge in [-0.05, 0) is 60.0 Å². The van der Waals surface area contributed by atoms with E-state index in [9.17, 15) is 27.8 Å². The van der Waals surface area contributed by atoms with Gasteiger partial charge >= 0.3 is 5.97 Å². The number of hydrogen-bond acceptors (Lipinski definition) is 6. The van der Waals surface area contributed by atoms with Crippen molar-refractivity contribution in [2.24, 2.45) is 5.73 Å². The van der Waals surface area contributed by atoms with E-state index in [0.29, 0.717) is 29.2 Å². The molecule has 11 heteroatoms. The Balaban J connectivity index is 1.63. The summed E-state index contributed by atoms with van der Waals surface area (Å²) >= 11 is 6.10. The molecule has 8 nitrogen and oxygen atoms in total. The van der Waals surface area contributed by atoms with Crippen molar-refractivity contribution < 1.29 is 27.8 Å². The number of aromatic hydroxyl groups is 1. The Morgan fingerprint density at radius 2 is 1.62 bits per heavy atom. The van der Waals surface area contributed by atoms with Crippen LogP contribution in [0, 0.1) is 5.82 Å². The van der Waals surface area contributed by atoms with E-state index in [1.807, 2.05) is 12.1 Å². The molecule has 1 saturated heterocycles. The lowest BCUT2D eigenvalue weighted by molar-refractivity contribution is -0.138. The van der Waals surface area contributed by atoms with Crippen molar-refractivity contribution in [2.75, 3.05) is 26.2 Å². The van der Waals surface area contributed by atoms with Gasteiger partial charge < -0.3 is 15.9 Å². The van der Waals surface area contributed by atoms with Gasteiger partial charge in [-0.2, -0.15) is 4.31 Å². The monoisotopic (exact) mass is 547 g/mol. The highest BCUT2D eigenvalue weighted by molar-refractivity contribution is 7.89. The van der Waals surface area contributed by atoms with Crippen molar-refractivity contribution in [3.63, 3.8) is 0 Å². The number of benzene rings is 3. The van der Waals surface area contributed by atoms with E-state index < -0.39 is 33.9 Å². The SMILES string of the molecule is N[C@@H](Cc1ccc(O)c(C(c2ccc(Cl)cc2)N2CCN(S(=O)(=O)c3ccc(F)cc3)CC2)c1)C(=O)O. The number of nitrogens with zero attached hydrogens (tertiary/aromatic N) is 2. The van der Waals surface area contributed by atoms with E-state index in [1.54, 1.807) is 24.3 Å². The van der Waals surface area contributed by atoms with Crippen molar-refractivity contribution in [3.05, 3.63) is 94.3 Å². The zero-order chi connectivity index (χ0) is 26.7. The molecule has 0 aromatic heterocycles. The second-order valence-electron chi connectivity index (χ2n) is 8.89. The second kappa shape index (κ2) is 11.2. The molecule has 2 atom stereocenters. The third-order valence-electron chi connectivity index (χ3n) is 6.43. The van der Waals surface area contributed by atoms with Crippen molar-refractivity contribution in [1.29, 1.82) is 0 Å². The molecule has 1 fully saturated rings. The first-order chi connectivity index (χ1) is 17.6. The third kappa shape index (κ3) is 6.11. The number of rotatable bonds is 8. The van der Waals surface area contributed by atoms with Crippen LogP contribution in [-0.4, -0.2) is 66.0 Å². The summed E-state index contributed by atoms with van der Waals surface area (Å²) in [5.41, 5.74) is 7.75. The van der Waals surface area contributed by atoms with Crippen LogP contribution in [-0.2, 0) is 21.2 Å². The number of hydrogen-bond donors (Lipinski definition) is 3. The van der Waals surface area contributed by atoms with Gasteiger partial charge in [0.25, 0.3) is 0 Å². The summed E-state index contributed by atoms with van der Waals surface area (Å²) in [6.45, 7) is 1.08. The predicted octanol–water partition coefficient (Wildman–Crippen LogP) is 3.24. The summed E-state index contributed by atoms with van der Waals surface area (Å²) in [6.07, 6.45) is 0.0830. The topological polar surface area (TPSA) is 124 Å². The molecule has 0 saturated carbocycles. The Morgan fingerprint density at radius 1 is 1.00 bits per heavy atom. The van der Waals surface area contributed by atoms with E-state index in [2.05, 4.69) is 4.90 Å². The molecule has 4 N–H and O–H groups in total. The maximum absolute atomic E-state index is 13.3. The number of phenols is 1. The first-order valence-corrected chi connectivity index (χ1v) is 13.4. The van der Waals surface area contributed by atoms with Gasteiger partial charge in [0.2, 0.25) is 10.0 Å². The van der Waals surface area contributed by atoms with Crippen molar-refractivity contribution in [3.8, 4) is 5.75 Å². The first kappa shape index (κ1) is 27.0. The maximum atomic E-state index is 13.3. The fourth-order valence-electron chi connectivity index (χ4n) is 4.48. The Bertz CT molecular complexity index is 1360. The van der Waals surface area contributed by atoms with Crippen LogP contribution in [0.3, 0.4) is 0 Å². The van der Waals surface area contributed by atoms with Crippen LogP contribution < -0.4 is 5.73 Å². The van der Waals surface area contributed by atoms with Crippen molar-refractivity contribution in [2.45, 2.75) is 23.4 Å². The van der Waals surface area contributed by atoms with Gasteiger partial charge in [0.05, 0.1) is 10.9 Å². The summed E-state index contributed by atoms with van der Waals surface area (Å²) in [5.74, 6) is -1.61. The number of halogens is 2. The molecule has 0 aliphatic carbocycles. The van der Waals surface area contributed by atoms with E-state index in [0.717, 1.165) is 17.7 Å². The lowest BCUT2D eigenvalue weighted by Crippen LogP contribution is -2.49. The number of phenolic OH excluding ortho intramolecular Hbond substituents is 1. The zero-order valence-corrected chi connectivity index (χ0v) is 21.4. The zero-order valence-electron chi connectivity index (χ0n) is 19.8. The van der Waals surface area contributed by atoms with Gasteiger partial charge in [-0.3, -0.25) is 9.69 Å². The standard InChI is InChI=1S/C26H27ClFN3O5S/c27-19-4-2-18(3-5-19)25(22-15-17(1-10-24(22)32)16-23(29)26(33)34)30-11-13-31(14-12-30)37(35,36)21-8-6-20(28)7-9-21/h1-10,15,23,25,32H,11-14,16,29H2,(H,33,34)/t23-,25?/m0/s1. The molecule has 0 radical (unpaired) electrons. The maximum Gasteiger partial charge on any atom is 0.320 e. The lowest BCUT2D eigenvalue weighted by atomic mass is 9.93. The molecule has 1 unspecified atom stereocenters. The third-order valence-corrected chi connectivity index (χ3v) is 8.60. The molecule has 0 spiro atoms. The Labute approximate surface area is 219 Å². The van der Waals surface area contributed by atoms with Crippen LogP contribution in [0.5, 0.6) is 5.75 Å². The largest absolute Gasteiger partial charge is 0.508 e. The number of carboxylic acid groups (broad SMARTS) is 1. The van der Waals surface area contributed by atoms with E-state index in [4.69, 9.17) is 17.3 Å². The molecule has 3 aromatic carbocycles. The fraction of sp³-hybridized carbons (Fsp3) is 0.269. The normalized spacial score (nSPS) is 16.8. The first-order valence-electron chi connectivity index (χ1n) is 11.6. The van der Waals surface area contributed by atoms with Crippen LogP contribution in [0.2, 0.25) is 5.02 Å². The molecule has 37 heavy (non-hydrogen) atoms. The molecule has 0 bridgehead atoms. The molecule has 1 heterocycles. The number of nitrogens with two attached hydrogens (primary N) is 1. The summed E-state index contributed by atoms with van der Waals surface area (Å²) in [7, 11) is -3.80. The van der Waals surface area contributed by atoms with Gasteiger partial charge in [-0.15, -0.1) is 0 Å². The molecule has 1 aliphatic rings. The Hall–Kier alpha value is -3.02. The Morgan fingerprint density at radius 3 is 2.22 bits per heavy atom. The number of aliphatic carboxylic acids is 1. The summed E-state index contributed by atoms with van der Waals surface area (Å²) in [6, 6.07) is 15.2. The highest BCUT2D eigenvalue weighted by Gasteiger charge is 2.33. The van der Waals surface area contributed by atoms with Crippen LogP contribution in [0.4, 0.5) is 4.39 Å². The van der Waals surface area contributed by atoms with Crippen LogP contribution in [0.1, 0.15) is 22.7 Å². The molecule has 1 aliphatic heterocycles. The molecule has 0 amide bonds. The van der Waals surface area contributed by atoms with Crippen LogP contribution in [0.25, 0.3) is 0 Å². The second-order valence-corrected chi connectivity index (χ2v) is 11.3. The Kier molecular flexibility index (Phi) is 8.15. The minimum Gasteiger partial charge on any atom is -0.508 e. The minimum absolute atomic E-state index is 0.0222. The lowest BCUT2D eigenvalue weighted by Gasteiger charge is -2.39. The average Bonchev–Trinajstić information content (AvgIpc) is 2.87. The van der Waals surface area contributed by atoms with E-state index in [1.165, 1.54) is 22.5 Å². The number of piperazine rings is 1. The highest BCUT2D eigenvalue weighted by Crippen LogP contribution is 2.36. The van der Waals surface area contributed by atoms with Gasteiger partial charge in [0, 0.05) is 36.8 Å². The van der Waals surface area contributed by atoms with Gasteiger partial charge in [0.15, 0.2) is 0 Å². The number of carbonyl (C=O) groups is 1. The predicted molar refractivity (Wildman–Crippen MR) is 137 cm³/mol. The molecule has 3 aromatic rings. The highest BCUT2D eigenvalue weighted by atomic mass is 35.5. The molecule has 196 valence electrons. The summed E-state index contributed by atoms with van der Waals surface area (Å²) < 4.78 is 40.8. The van der Waals surface area contributed by atoms with E-state index in [-0.39, 0.29) is 30.2 Å². The average molecular weight is 548 g/mol. The number of sulfonamides is 1. The summed E-state index contributed by atoms with van der Waals surface area (Å²) in [5, 5.41) is 20.6. The minimum atomic E-state index is -3.80. The van der Waals surface area contributed by atoms with Crippen molar-refractivity contribution in [1.82, 2.24) is 9.21 Å². The quantitative estimate of drug-likeness (QED) is 0.395. The van der Waals surface area contributed by atoms with Gasteiger partial charge in [-0.1, -0.05) is 35.9 Å². The summed E-state index contributed by atoms with van der Waals surface area (Å²) in [4.78, 5) is 13.3. The van der Waals surface area contributed by atoms with Crippen LogP contribution >= 0.6 is 11.6 Å². The smallest absolute Gasteiger partial charge is 0.320 e. The number of carboxylic acids is 1. The van der Waals surface area contributed by atoms with Crippen LogP contribution in [0.15, 0.2) is 71.6 Å².